The van der Waals surface area contributed by atoms with Gasteiger partial charge in [-0.25, -0.2) is 0 Å². The summed E-state index contributed by atoms with van der Waals surface area (Å²) in [6, 6.07) is 10.1. The number of rotatable bonds is 4. The Morgan fingerprint density at radius 2 is 2.03 bits per heavy atom. The number of nitrogens with one attached hydrogen (secondary N) is 1. The molecule has 0 aromatic heterocycles. The highest BCUT2D eigenvalue weighted by atomic mass is 15.2. The number of benzene rings is 1. The second kappa shape index (κ2) is 7.80. The van der Waals surface area contributed by atoms with Crippen LogP contribution in [0.3, 0.4) is 0 Å². The Labute approximate surface area is 182 Å². The van der Waals surface area contributed by atoms with E-state index >= 15 is 0 Å². The molecule has 3 aliphatic carbocycles. The molecule has 5 atom stereocenters. The number of hydrogen-bond acceptors (Lipinski definition) is 2. The zero-order valence-corrected chi connectivity index (χ0v) is 18.8. The third kappa shape index (κ3) is 3.25. The van der Waals surface area contributed by atoms with Crippen molar-refractivity contribution in [2.24, 2.45) is 11.8 Å². The van der Waals surface area contributed by atoms with E-state index in [4.69, 9.17) is 0 Å². The smallest absolute Gasteiger partial charge is 0.0510 e. The highest BCUT2D eigenvalue weighted by Crippen LogP contribution is 2.52. The van der Waals surface area contributed by atoms with Crippen LogP contribution in [0.1, 0.15) is 58.4 Å². The number of allylic oxidation sites excluding steroid dienone is 4. The minimum atomic E-state index is 0.124. The molecule has 1 aliphatic heterocycles. The summed E-state index contributed by atoms with van der Waals surface area (Å²) in [4.78, 5) is 2.65. The maximum absolute atomic E-state index is 3.87. The van der Waals surface area contributed by atoms with E-state index in [-0.39, 0.29) is 5.41 Å². The summed E-state index contributed by atoms with van der Waals surface area (Å²) in [5, 5.41) is 3.87. The highest BCUT2D eigenvalue weighted by Gasteiger charge is 2.48. The average molecular weight is 401 g/mol. The Hall–Kier alpha value is -2.22. The van der Waals surface area contributed by atoms with Gasteiger partial charge in [0, 0.05) is 35.3 Å². The van der Waals surface area contributed by atoms with Gasteiger partial charge in [0.1, 0.15) is 0 Å². The first-order valence-corrected chi connectivity index (χ1v) is 12.0. The SMILES string of the molecule is CCN1c2ccccc2C2(C)C=C(C3CC(C)C=CC3NC3=CCCC=C3)CCC12. The molecule has 2 heteroatoms. The molecule has 0 amide bonds. The van der Waals surface area contributed by atoms with Crippen LogP contribution in [0, 0.1) is 11.8 Å². The molecule has 1 N–H and O–H groups in total. The lowest BCUT2D eigenvalue weighted by Crippen LogP contribution is -2.46. The van der Waals surface area contributed by atoms with E-state index in [1.807, 2.05) is 0 Å². The minimum absolute atomic E-state index is 0.124. The van der Waals surface area contributed by atoms with Crippen LogP contribution in [0.5, 0.6) is 0 Å². The van der Waals surface area contributed by atoms with Crippen molar-refractivity contribution in [2.45, 2.75) is 70.4 Å². The third-order valence-corrected chi connectivity index (χ3v) is 7.91. The first-order chi connectivity index (χ1) is 14.6. The van der Waals surface area contributed by atoms with Gasteiger partial charge in [0.05, 0.1) is 6.04 Å². The number of fused-ring (bicyclic) bond motifs is 3. The van der Waals surface area contributed by atoms with Crippen LogP contribution in [-0.2, 0) is 5.41 Å². The standard InChI is InChI=1S/C28H36N2/c1-4-30-26-13-9-8-12-24(26)28(3)19-21(15-17-27(28)30)23-18-20(2)14-16-25(23)29-22-10-6-5-7-11-22/h6,8-14,16,19-20,23,25,27,29H,4-5,7,15,17-18H2,1-3H3. The van der Waals surface area contributed by atoms with Gasteiger partial charge in [0.25, 0.3) is 0 Å². The van der Waals surface area contributed by atoms with Crippen LogP contribution in [0.2, 0.25) is 0 Å². The van der Waals surface area contributed by atoms with Crippen LogP contribution >= 0.6 is 0 Å². The summed E-state index contributed by atoms with van der Waals surface area (Å²) in [6.07, 6.45) is 20.5. The first-order valence-electron chi connectivity index (χ1n) is 12.0. The molecule has 30 heavy (non-hydrogen) atoms. The van der Waals surface area contributed by atoms with Gasteiger partial charge >= 0.3 is 0 Å². The van der Waals surface area contributed by atoms with Gasteiger partial charge in [-0.1, -0.05) is 61.1 Å². The van der Waals surface area contributed by atoms with E-state index in [0.29, 0.717) is 23.9 Å². The fourth-order valence-corrected chi connectivity index (χ4v) is 6.44. The quantitative estimate of drug-likeness (QED) is 0.599. The maximum atomic E-state index is 3.87. The molecule has 158 valence electrons. The zero-order valence-electron chi connectivity index (χ0n) is 18.8. The highest BCUT2D eigenvalue weighted by molar-refractivity contribution is 5.66. The lowest BCUT2D eigenvalue weighted by Gasteiger charge is -2.42. The van der Waals surface area contributed by atoms with Crippen LogP contribution in [0.4, 0.5) is 5.69 Å². The molecule has 0 radical (unpaired) electrons. The molecule has 5 unspecified atom stereocenters. The van der Waals surface area contributed by atoms with Gasteiger partial charge in [-0.15, -0.1) is 0 Å². The molecule has 5 rings (SSSR count). The van der Waals surface area contributed by atoms with Gasteiger partial charge in [-0.05, 0) is 69.6 Å². The average Bonchev–Trinajstić information content (AvgIpc) is 3.03. The lowest BCUT2D eigenvalue weighted by atomic mass is 9.67. The number of likely N-dealkylation sites (N-methyl/N-ethyl adjacent to an activating group) is 1. The Morgan fingerprint density at radius 3 is 2.83 bits per heavy atom. The van der Waals surface area contributed by atoms with Gasteiger partial charge in [-0.3, -0.25) is 0 Å². The summed E-state index contributed by atoms with van der Waals surface area (Å²) >= 11 is 0. The van der Waals surface area contributed by atoms with E-state index < -0.39 is 0 Å². The third-order valence-electron chi connectivity index (χ3n) is 7.91. The normalized spacial score (nSPS) is 34.8. The molecule has 0 saturated carbocycles. The Balaban J connectivity index is 1.49. The maximum Gasteiger partial charge on any atom is 0.0510 e. The molecule has 0 fully saturated rings. The van der Waals surface area contributed by atoms with E-state index in [0.717, 1.165) is 13.0 Å². The molecule has 1 heterocycles. The van der Waals surface area contributed by atoms with Crippen molar-refractivity contribution in [1.29, 1.82) is 0 Å². The summed E-state index contributed by atoms with van der Waals surface area (Å²) in [5.41, 5.74) is 6.08. The number of anilines is 1. The van der Waals surface area contributed by atoms with Crippen molar-refractivity contribution in [3.8, 4) is 0 Å². The molecule has 1 aromatic carbocycles. The largest absolute Gasteiger partial charge is 0.379 e. The van der Waals surface area contributed by atoms with Crippen LogP contribution in [0.15, 0.2) is 72.0 Å². The lowest BCUT2D eigenvalue weighted by molar-refractivity contribution is 0.346. The van der Waals surface area contributed by atoms with Gasteiger partial charge in [-0.2, -0.15) is 0 Å². The van der Waals surface area contributed by atoms with Gasteiger partial charge in [0.2, 0.25) is 0 Å². The second-order valence-corrected chi connectivity index (χ2v) is 9.87. The minimum Gasteiger partial charge on any atom is -0.379 e. The fourth-order valence-electron chi connectivity index (χ4n) is 6.44. The van der Waals surface area contributed by atoms with E-state index in [1.165, 1.54) is 42.6 Å². The van der Waals surface area contributed by atoms with E-state index in [1.54, 1.807) is 5.57 Å². The molecule has 2 nitrogen and oxygen atoms in total. The number of nitrogens with zero attached hydrogens (tertiary/aromatic N) is 1. The first kappa shape index (κ1) is 19.7. The van der Waals surface area contributed by atoms with Crippen LogP contribution < -0.4 is 10.2 Å². The van der Waals surface area contributed by atoms with Crippen molar-refractivity contribution >= 4 is 5.69 Å². The molecule has 0 saturated heterocycles. The Bertz CT molecular complexity index is 920. The molecular formula is C28H36N2. The van der Waals surface area contributed by atoms with Crippen molar-refractivity contribution in [3.63, 3.8) is 0 Å². The summed E-state index contributed by atoms with van der Waals surface area (Å²) < 4.78 is 0. The molecule has 0 bridgehead atoms. The predicted molar refractivity (Wildman–Crippen MR) is 128 cm³/mol. The van der Waals surface area contributed by atoms with Gasteiger partial charge in [0.15, 0.2) is 0 Å². The summed E-state index contributed by atoms with van der Waals surface area (Å²) in [7, 11) is 0. The van der Waals surface area contributed by atoms with Crippen LogP contribution in [0.25, 0.3) is 0 Å². The van der Waals surface area contributed by atoms with Crippen LogP contribution in [-0.4, -0.2) is 18.6 Å². The van der Waals surface area contributed by atoms with Crippen molar-refractivity contribution in [2.75, 3.05) is 11.4 Å². The number of hydrogen-bond donors (Lipinski definition) is 1. The van der Waals surface area contributed by atoms with Crippen molar-refractivity contribution in [1.82, 2.24) is 5.32 Å². The summed E-state index contributed by atoms with van der Waals surface area (Å²) in [5.74, 6) is 1.24. The second-order valence-electron chi connectivity index (χ2n) is 9.87. The van der Waals surface area contributed by atoms with Crippen molar-refractivity contribution < 1.29 is 0 Å². The Kier molecular flexibility index (Phi) is 5.13. The number of para-hydroxylation sites is 1. The molecule has 4 aliphatic rings. The topological polar surface area (TPSA) is 15.3 Å². The molecular weight excluding hydrogens is 364 g/mol. The van der Waals surface area contributed by atoms with E-state index in [2.05, 4.69) is 91.7 Å². The van der Waals surface area contributed by atoms with E-state index in [9.17, 15) is 0 Å². The molecule has 1 aromatic rings. The monoisotopic (exact) mass is 400 g/mol. The predicted octanol–water partition coefficient (Wildman–Crippen LogP) is 6.28. The fraction of sp³-hybridized carbons (Fsp3) is 0.500. The Morgan fingerprint density at radius 1 is 1.17 bits per heavy atom. The molecule has 0 spiro atoms. The van der Waals surface area contributed by atoms with Crippen molar-refractivity contribution in [3.05, 3.63) is 77.6 Å². The van der Waals surface area contributed by atoms with Gasteiger partial charge < -0.3 is 10.2 Å². The summed E-state index contributed by atoms with van der Waals surface area (Å²) in [6.45, 7) is 8.26. The zero-order chi connectivity index (χ0) is 20.7.